The van der Waals surface area contributed by atoms with Gasteiger partial charge in [-0.25, -0.2) is 8.78 Å². The predicted octanol–water partition coefficient (Wildman–Crippen LogP) is 3.24. The maximum Gasteiger partial charge on any atom is 0.254 e. The summed E-state index contributed by atoms with van der Waals surface area (Å²) in [4.78, 5) is 5.15. The predicted molar refractivity (Wildman–Crippen MR) is 85.3 cm³/mol. The van der Waals surface area contributed by atoms with Gasteiger partial charge in [-0.1, -0.05) is 30.3 Å². The standard InChI is InChI=1S/C19H24F2N2/c20-19(21)16-8-15(9-17(16)19)23-11-14-6-7-22(18(14)12-23)10-13-4-2-1-3-5-13/h1-5,14-18H,6-12H2/t14-,15?,16?,17?,18+/m0/s1. The molecular weight excluding hydrogens is 294 g/mol. The van der Waals surface area contributed by atoms with E-state index in [1.54, 1.807) is 0 Å². The van der Waals surface area contributed by atoms with Crippen LogP contribution < -0.4 is 0 Å². The fraction of sp³-hybridized carbons (Fsp3) is 0.684. The number of rotatable bonds is 3. The Morgan fingerprint density at radius 1 is 1.04 bits per heavy atom. The lowest BCUT2D eigenvalue weighted by molar-refractivity contribution is 0.0527. The number of nitrogens with zero attached hydrogens (tertiary/aromatic N) is 2. The first-order valence-corrected chi connectivity index (χ1v) is 9.03. The number of hydrogen-bond acceptors (Lipinski definition) is 2. The second-order valence-corrected chi connectivity index (χ2v) is 8.04. The number of alkyl halides is 2. The Hall–Kier alpha value is -1.00. The lowest BCUT2D eigenvalue weighted by atomic mass is 10.0. The molecule has 2 nitrogen and oxygen atoms in total. The number of fused-ring (bicyclic) bond motifs is 2. The number of benzene rings is 1. The molecular formula is C19H24F2N2. The normalized spacial score (nSPS) is 41.9. The van der Waals surface area contributed by atoms with Crippen molar-refractivity contribution >= 4 is 0 Å². The molecule has 2 aliphatic heterocycles. The van der Waals surface area contributed by atoms with E-state index in [1.807, 2.05) is 0 Å². The molecule has 0 aromatic heterocycles. The molecule has 0 N–H and O–H groups in total. The second-order valence-electron chi connectivity index (χ2n) is 8.04. The smallest absolute Gasteiger partial charge is 0.254 e. The van der Waals surface area contributed by atoms with E-state index in [2.05, 4.69) is 40.1 Å². The van der Waals surface area contributed by atoms with Crippen LogP contribution in [0.1, 0.15) is 24.8 Å². The molecule has 2 heterocycles. The van der Waals surface area contributed by atoms with Crippen LogP contribution in [0.15, 0.2) is 30.3 Å². The Balaban J connectivity index is 1.22. The van der Waals surface area contributed by atoms with Crippen molar-refractivity contribution in [3.05, 3.63) is 35.9 Å². The van der Waals surface area contributed by atoms with Crippen molar-refractivity contribution in [3.63, 3.8) is 0 Å². The SMILES string of the molecule is FC1(F)C2CC(N3C[C@@H]4CCN(Cc5ccccc5)[C@@H]4C3)CC21. The van der Waals surface area contributed by atoms with Crippen molar-refractivity contribution in [2.45, 2.75) is 43.8 Å². The maximum absolute atomic E-state index is 13.4. The molecule has 4 atom stereocenters. The molecule has 2 aliphatic carbocycles. The zero-order valence-corrected chi connectivity index (χ0v) is 13.4. The summed E-state index contributed by atoms with van der Waals surface area (Å²) in [6, 6.07) is 11.7. The van der Waals surface area contributed by atoms with Gasteiger partial charge >= 0.3 is 0 Å². The van der Waals surface area contributed by atoms with Gasteiger partial charge in [-0.3, -0.25) is 9.80 Å². The molecule has 4 aliphatic rings. The van der Waals surface area contributed by atoms with Crippen LogP contribution in [0.25, 0.3) is 0 Å². The van der Waals surface area contributed by atoms with Gasteiger partial charge in [0.1, 0.15) is 0 Å². The summed E-state index contributed by atoms with van der Waals surface area (Å²) in [7, 11) is 0. The molecule has 0 spiro atoms. The molecule has 23 heavy (non-hydrogen) atoms. The second kappa shape index (κ2) is 5.00. The minimum absolute atomic E-state index is 0.298. The summed E-state index contributed by atoms with van der Waals surface area (Å²) in [6.45, 7) is 4.44. The largest absolute Gasteiger partial charge is 0.298 e. The zero-order valence-electron chi connectivity index (χ0n) is 13.4. The van der Waals surface area contributed by atoms with Crippen LogP contribution in [0.2, 0.25) is 0 Å². The zero-order chi connectivity index (χ0) is 15.6. The highest BCUT2D eigenvalue weighted by atomic mass is 19.3. The minimum atomic E-state index is -2.33. The third-order valence-corrected chi connectivity index (χ3v) is 6.85. The van der Waals surface area contributed by atoms with E-state index in [0.29, 0.717) is 12.1 Å². The van der Waals surface area contributed by atoms with Crippen LogP contribution >= 0.6 is 0 Å². The van der Waals surface area contributed by atoms with Gasteiger partial charge in [-0.15, -0.1) is 0 Å². The fourth-order valence-corrected chi connectivity index (χ4v) is 5.48. The average molecular weight is 318 g/mol. The van der Waals surface area contributed by atoms with Crippen LogP contribution in [0.3, 0.4) is 0 Å². The van der Waals surface area contributed by atoms with E-state index in [1.165, 1.54) is 18.5 Å². The van der Waals surface area contributed by atoms with Crippen molar-refractivity contribution in [2.75, 3.05) is 19.6 Å². The summed E-state index contributed by atoms with van der Waals surface area (Å²) in [5.74, 6) is -2.18. The van der Waals surface area contributed by atoms with Gasteiger partial charge in [-0.05, 0) is 37.3 Å². The lowest BCUT2D eigenvalue weighted by Crippen LogP contribution is -2.38. The number of halogens is 2. The first-order chi connectivity index (χ1) is 11.1. The van der Waals surface area contributed by atoms with Crippen LogP contribution in [-0.2, 0) is 6.54 Å². The monoisotopic (exact) mass is 318 g/mol. The van der Waals surface area contributed by atoms with E-state index < -0.39 is 5.92 Å². The van der Waals surface area contributed by atoms with E-state index in [9.17, 15) is 8.78 Å². The van der Waals surface area contributed by atoms with Gasteiger partial charge < -0.3 is 0 Å². The highest BCUT2D eigenvalue weighted by molar-refractivity contribution is 5.16. The molecule has 4 heteroatoms. The highest BCUT2D eigenvalue weighted by Crippen LogP contribution is 2.65. The summed E-state index contributed by atoms with van der Waals surface area (Å²) in [5.41, 5.74) is 1.38. The Bertz CT molecular complexity index is 576. The lowest BCUT2D eigenvalue weighted by Gasteiger charge is -2.29. The van der Waals surface area contributed by atoms with E-state index in [-0.39, 0.29) is 11.8 Å². The molecule has 2 unspecified atom stereocenters. The van der Waals surface area contributed by atoms with Gasteiger partial charge in [0.25, 0.3) is 5.92 Å². The number of likely N-dealkylation sites (tertiary alicyclic amines) is 2. The molecule has 5 rings (SSSR count). The molecule has 1 aromatic carbocycles. The number of hydrogen-bond donors (Lipinski definition) is 0. The minimum Gasteiger partial charge on any atom is -0.298 e. The van der Waals surface area contributed by atoms with Crippen molar-refractivity contribution in [3.8, 4) is 0 Å². The van der Waals surface area contributed by atoms with Gasteiger partial charge in [0.05, 0.1) is 0 Å². The molecule has 2 saturated carbocycles. The molecule has 0 radical (unpaired) electrons. The van der Waals surface area contributed by atoms with Crippen LogP contribution in [0.4, 0.5) is 8.78 Å². The van der Waals surface area contributed by atoms with Crippen molar-refractivity contribution in [1.82, 2.24) is 9.80 Å². The Kier molecular flexibility index (Phi) is 3.12. The van der Waals surface area contributed by atoms with E-state index in [0.717, 1.165) is 38.4 Å². The van der Waals surface area contributed by atoms with Gasteiger partial charge in [0, 0.05) is 43.6 Å². The first-order valence-electron chi connectivity index (χ1n) is 9.03. The van der Waals surface area contributed by atoms with Crippen LogP contribution in [-0.4, -0.2) is 47.4 Å². The third-order valence-electron chi connectivity index (χ3n) is 6.85. The van der Waals surface area contributed by atoms with E-state index >= 15 is 0 Å². The topological polar surface area (TPSA) is 6.48 Å². The molecule has 4 fully saturated rings. The summed E-state index contributed by atoms with van der Waals surface area (Å²) in [6.07, 6.45) is 2.73. The van der Waals surface area contributed by atoms with Crippen molar-refractivity contribution < 1.29 is 8.78 Å². The van der Waals surface area contributed by atoms with Gasteiger partial charge in [-0.2, -0.15) is 0 Å². The van der Waals surface area contributed by atoms with Crippen LogP contribution in [0.5, 0.6) is 0 Å². The Labute approximate surface area is 136 Å². The van der Waals surface area contributed by atoms with Crippen molar-refractivity contribution in [1.29, 1.82) is 0 Å². The summed E-state index contributed by atoms with van der Waals surface area (Å²) >= 11 is 0. The molecule has 1 aromatic rings. The molecule has 2 saturated heterocycles. The summed E-state index contributed by atoms with van der Waals surface area (Å²) in [5, 5.41) is 0. The Morgan fingerprint density at radius 2 is 1.78 bits per heavy atom. The van der Waals surface area contributed by atoms with E-state index in [4.69, 9.17) is 0 Å². The molecule has 0 amide bonds. The first kappa shape index (κ1) is 14.4. The fourth-order valence-electron chi connectivity index (χ4n) is 5.48. The third kappa shape index (κ3) is 2.25. The highest BCUT2D eigenvalue weighted by Gasteiger charge is 2.72. The molecule has 0 bridgehead atoms. The summed E-state index contributed by atoms with van der Waals surface area (Å²) < 4.78 is 26.8. The maximum atomic E-state index is 13.4. The van der Waals surface area contributed by atoms with Gasteiger partial charge in [0.15, 0.2) is 0 Å². The quantitative estimate of drug-likeness (QED) is 0.844. The average Bonchev–Trinajstić information content (AvgIpc) is 3.04. The van der Waals surface area contributed by atoms with Gasteiger partial charge in [0.2, 0.25) is 0 Å². The van der Waals surface area contributed by atoms with Crippen LogP contribution in [0, 0.1) is 17.8 Å². The Morgan fingerprint density at radius 3 is 2.52 bits per heavy atom. The van der Waals surface area contributed by atoms with Crippen molar-refractivity contribution in [2.24, 2.45) is 17.8 Å². The molecule has 124 valence electrons.